The second-order valence-electron chi connectivity index (χ2n) is 11.0. The van der Waals surface area contributed by atoms with E-state index in [9.17, 15) is 15.2 Å². The standard InChI is InChI=1S/C30H33N5O3/c1-19-5-10-32-26(14-19)30(18-31)7-11-34(12-8-30)16-21-15-23-27(28-22(21)4-3-9-33-28)20(2)35(29(23)37)24-6-13-38-17-25(24)36/h3-5,9-10,14-15,20,24-25,36H,6-8,11-13,16-17H2,1-2H3. The number of hydrogen-bond donors (Lipinski definition) is 1. The topological polar surface area (TPSA) is 103 Å². The minimum absolute atomic E-state index is 0.0417. The maximum Gasteiger partial charge on any atom is 0.255 e. The Morgan fingerprint density at radius 3 is 2.76 bits per heavy atom. The molecule has 196 valence electrons. The number of aromatic nitrogens is 2. The van der Waals surface area contributed by atoms with Gasteiger partial charge in [-0.2, -0.15) is 5.26 Å². The molecule has 38 heavy (non-hydrogen) atoms. The van der Waals surface area contributed by atoms with Crippen LogP contribution in [-0.4, -0.2) is 69.2 Å². The van der Waals surface area contributed by atoms with Crippen LogP contribution in [0.1, 0.15) is 65.0 Å². The molecule has 3 atom stereocenters. The highest BCUT2D eigenvalue weighted by molar-refractivity contribution is 6.05. The third-order valence-electron chi connectivity index (χ3n) is 8.69. The number of nitriles is 1. The first-order valence-electron chi connectivity index (χ1n) is 13.5. The van der Waals surface area contributed by atoms with Gasteiger partial charge >= 0.3 is 0 Å². The Morgan fingerprint density at radius 2 is 2.03 bits per heavy atom. The number of hydrogen-bond acceptors (Lipinski definition) is 7. The highest BCUT2D eigenvalue weighted by Crippen LogP contribution is 2.42. The van der Waals surface area contributed by atoms with E-state index in [1.165, 1.54) is 0 Å². The molecule has 3 aliphatic heterocycles. The molecule has 2 aromatic heterocycles. The minimum Gasteiger partial charge on any atom is -0.389 e. The Kier molecular flexibility index (Phi) is 6.39. The van der Waals surface area contributed by atoms with Crippen molar-refractivity contribution in [3.05, 3.63) is 70.7 Å². The van der Waals surface area contributed by atoms with Gasteiger partial charge in [0.2, 0.25) is 0 Å². The molecule has 6 rings (SSSR count). The van der Waals surface area contributed by atoms with Gasteiger partial charge in [-0.3, -0.25) is 19.7 Å². The van der Waals surface area contributed by atoms with Crippen LogP contribution >= 0.6 is 0 Å². The lowest BCUT2D eigenvalue weighted by Gasteiger charge is -2.37. The molecule has 2 saturated heterocycles. The summed E-state index contributed by atoms with van der Waals surface area (Å²) < 4.78 is 5.42. The zero-order valence-corrected chi connectivity index (χ0v) is 21.9. The third-order valence-corrected chi connectivity index (χ3v) is 8.69. The number of benzene rings is 1. The second kappa shape index (κ2) is 9.73. The molecular weight excluding hydrogens is 478 g/mol. The van der Waals surface area contributed by atoms with Gasteiger partial charge in [-0.1, -0.05) is 6.07 Å². The summed E-state index contributed by atoms with van der Waals surface area (Å²) in [7, 11) is 0. The van der Waals surface area contributed by atoms with Crippen LogP contribution in [0.5, 0.6) is 0 Å². The van der Waals surface area contributed by atoms with Gasteiger partial charge in [0, 0.05) is 55.1 Å². The number of piperidine rings is 1. The molecule has 1 N–H and O–H groups in total. The molecule has 1 aromatic carbocycles. The van der Waals surface area contributed by atoms with Gasteiger partial charge < -0.3 is 14.7 Å². The number of carbonyl (C=O) groups is 1. The molecular formula is C30H33N5O3. The van der Waals surface area contributed by atoms with Crippen LogP contribution < -0.4 is 0 Å². The number of aliphatic hydroxyl groups is 1. The number of likely N-dealkylation sites (tertiary alicyclic amines) is 1. The molecule has 0 saturated carbocycles. The van der Waals surface area contributed by atoms with E-state index < -0.39 is 11.5 Å². The van der Waals surface area contributed by atoms with Crippen LogP contribution in [-0.2, 0) is 16.7 Å². The number of amides is 1. The first kappa shape index (κ1) is 24.9. The average Bonchev–Trinajstić information content (AvgIpc) is 3.19. The Morgan fingerprint density at radius 1 is 1.21 bits per heavy atom. The zero-order valence-electron chi connectivity index (χ0n) is 21.9. The molecule has 0 bridgehead atoms. The summed E-state index contributed by atoms with van der Waals surface area (Å²) in [5, 5.41) is 21.8. The summed E-state index contributed by atoms with van der Waals surface area (Å²) in [5.41, 5.74) is 4.97. The number of carbonyl (C=O) groups excluding carboxylic acids is 1. The highest BCUT2D eigenvalue weighted by atomic mass is 16.5. The number of nitrogens with zero attached hydrogens (tertiary/aromatic N) is 5. The van der Waals surface area contributed by atoms with Crippen LogP contribution in [0.4, 0.5) is 0 Å². The summed E-state index contributed by atoms with van der Waals surface area (Å²) in [6.45, 7) is 7.07. The van der Waals surface area contributed by atoms with Crippen molar-refractivity contribution in [1.82, 2.24) is 19.8 Å². The molecule has 3 unspecified atom stereocenters. The van der Waals surface area contributed by atoms with Crippen molar-refractivity contribution in [2.45, 2.75) is 63.3 Å². The highest BCUT2D eigenvalue weighted by Gasteiger charge is 2.44. The predicted molar refractivity (Wildman–Crippen MR) is 142 cm³/mol. The van der Waals surface area contributed by atoms with Crippen LogP contribution in [0.15, 0.2) is 42.7 Å². The molecule has 3 aromatic rings. The fraction of sp³-hybridized carbons (Fsp3) is 0.467. The third kappa shape index (κ3) is 4.06. The zero-order chi connectivity index (χ0) is 26.4. The van der Waals surface area contributed by atoms with Crippen molar-refractivity contribution in [1.29, 1.82) is 5.26 Å². The lowest BCUT2D eigenvalue weighted by atomic mass is 9.76. The Labute approximate surface area is 222 Å². The summed E-state index contributed by atoms with van der Waals surface area (Å²) in [6, 6.07) is 12.2. The van der Waals surface area contributed by atoms with Crippen LogP contribution in [0, 0.1) is 18.3 Å². The fourth-order valence-electron chi connectivity index (χ4n) is 6.55. The van der Waals surface area contributed by atoms with Crippen LogP contribution in [0.2, 0.25) is 0 Å². The van der Waals surface area contributed by atoms with Crippen molar-refractivity contribution in [2.24, 2.45) is 0 Å². The van der Waals surface area contributed by atoms with E-state index in [2.05, 4.69) is 22.0 Å². The van der Waals surface area contributed by atoms with E-state index >= 15 is 0 Å². The molecule has 8 nitrogen and oxygen atoms in total. The Bertz CT molecular complexity index is 1430. The average molecular weight is 512 g/mol. The summed E-state index contributed by atoms with van der Waals surface area (Å²) >= 11 is 0. The van der Waals surface area contributed by atoms with Gasteiger partial charge in [0.05, 0.1) is 42.1 Å². The van der Waals surface area contributed by atoms with E-state index in [0.717, 1.165) is 46.4 Å². The SMILES string of the molecule is Cc1ccnc(C2(C#N)CCN(Cc3cc4c(c5ncccc35)C(C)N(C3CCOCC3O)C4=O)CC2)c1. The van der Waals surface area contributed by atoms with Gasteiger partial charge in [0.1, 0.15) is 5.41 Å². The summed E-state index contributed by atoms with van der Waals surface area (Å²) in [4.78, 5) is 27.2. The molecule has 0 spiro atoms. The minimum atomic E-state index is -0.695. The smallest absolute Gasteiger partial charge is 0.255 e. The number of pyridine rings is 2. The van der Waals surface area contributed by atoms with Crippen molar-refractivity contribution in [3.8, 4) is 6.07 Å². The number of rotatable bonds is 4. The lowest BCUT2D eigenvalue weighted by molar-refractivity contribution is -0.0623. The maximum absolute atomic E-state index is 13.7. The largest absolute Gasteiger partial charge is 0.389 e. The van der Waals surface area contributed by atoms with Gasteiger partial charge in [-0.15, -0.1) is 0 Å². The predicted octanol–water partition coefficient (Wildman–Crippen LogP) is 3.66. The molecule has 8 heteroatoms. The number of aryl methyl sites for hydroxylation is 1. The number of aliphatic hydroxyl groups excluding tert-OH is 1. The van der Waals surface area contributed by atoms with Gasteiger partial charge in [0.25, 0.3) is 5.91 Å². The fourth-order valence-corrected chi connectivity index (χ4v) is 6.55. The Hall–Kier alpha value is -3.38. The van der Waals surface area contributed by atoms with Crippen LogP contribution in [0.25, 0.3) is 10.9 Å². The lowest BCUT2D eigenvalue weighted by Crippen LogP contribution is -2.50. The van der Waals surface area contributed by atoms with E-state index in [4.69, 9.17) is 9.72 Å². The van der Waals surface area contributed by atoms with E-state index in [1.54, 1.807) is 12.4 Å². The number of ether oxygens (including phenoxy) is 1. The molecule has 0 aliphatic carbocycles. The molecule has 5 heterocycles. The normalized spacial score (nSPS) is 25.4. The van der Waals surface area contributed by atoms with Crippen molar-refractivity contribution in [2.75, 3.05) is 26.3 Å². The van der Waals surface area contributed by atoms with Gasteiger partial charge in [0.15, 0.2) is 0 Å². The molecule has 0 radical (unpaired) electrons. The molecule has 1 amide bonds. The summed E-state index contributed by atoms with van der Waals surface area (Å²) in [5.74, 6) is -0.0417. The first-order valence-corrected chi connectivity index (χ1v) is 13.5. The van der Waals surface area contributed by atoms with Gasteiger partial charge in [-0.05, 0) is 68.5 Å². The van der Waals surface area contributed by atoms with E-state index in [-0.39, 0.29) is 24.6 Å². The van der Waals surface area contributed by atoms with Crippen molar-refractivity contribution >= 4 is 16.8 Å². The molecule has 3 aliphatic rings. The quantitative estimate of drug-likeness (QED) is 0.570. The van der Waals surface area contributed by atoms with Crippen molar-refractivity contribution < 1.29 is 14.6 Å². The number of fused-ring (bicyclic) bond motifs is 3. The van der Waals surface area contributed by atoms with Crippen LogP contribution in [0.3, 0.4) is 0 Å². The monoisotopic (exact) mass is 511 g/mol. The molecule has 2 fully saturated rings. The van der Waals surface area contributed by atoms with E-state index in [0.29, 0.717) is 38.0 Å². The van der Waals surface area contributed by atoms with E-state index in [1.807, 2.05) is 43.0 Å². The second-order valence-corrected chi connectivity index (χ2v) is 11.0. The maximum atomic E-state index is 13.7. The Balaban J connectivity index is 1.29. The van der Waals surface area contributed by atoms with Gasteiger partial charge in [-0.25, -0.2) is 0 Å². The van der Waals surface area contributed by atoms with Crippen molar-refractivity contribution in [3.63, 3.8) is 0 Å². The first-order chi connectivity index (χ1) is 18.4. The summed E-state index contributed by atoms with van der Waals surface area (Å²) in [6.07, 6.45) is 4.93.